The van der Waals surface area contributed by atoms with E-state index in [0.29, 0.717) is 27.6 Å². The number of benzene rings is 2. The molecule has 0 bridgehead atoms. The molecule has 0 amide bonds. The van der Waals surface area contributed by atoms with Crippen molar-refractivity contribution in [3.8, 4) is 11.5 Å². The molecule has 2 aliphatic heterocycles. The molecule has 0 aromatic heterocycles. The second-order valence-electron chi connectivity index (χ2n) is 7.09. The summed E-state index contributed by atoms with van der Waals surface area (Å²) >= 11 is 0. The zero-order chi connectivity index (χ0) is 20.9. The van der Waals surface area contributed by atoms with Crippen LogP contribution in [0, 0.1) is 0 Å². The molecule has 1 saturated heterocycles. The minimum absolute atomic E-state index is 0.206. The smallest absolute Gasteiger partial charge is 0.339 e. The van der Waals surface area contributed by atoms with Gasteiger partial charge >= 0.3 is 5.97 Å². The third kappa shape index (κ3) is 3.11. The average Bonchev–Trinajstić information content (AvgIpc) is 3.00. The summed E-state index contributed by atoms with van der Waals surface area (Å²) in [4.78, 5) is 12.3. The van der Waals surface area contributed by atoms with E-state index in [1.165, 1.54) is 7.11 Å². The Hall–Kier alpha value is -2.43. The van der Waals surface area contributed by atoms with E-state index in [1.807, 2.05) is 0 Å². The molecule has 1 fully saturated rings. The van der Waals surface area contributed by atoms with E-state index in [2.05, 4.69) is 0 Å². The van der Waals surface area contributed by atoms with Crippen molar-refractivity contribution < 1.29 is 44.2 Å². The highest BCUT2D eigenvalue weighted by molar-refractivity contribution is 6.04. The van der Waals surface area contributed by atoms with Crippen molar-refractivity contribution in [3.63, 3.8) is 0 Å². The number of hydrogen-bond donors (Lipinski definition) is 4. The summed E-state index contributed by atoms with van der Waals surface area (Å²) in [6, 6.07) is 6.93. The maximum atomic E-state index is 12.3. The Morgan fingerprint density at radius 3 is 2.59 bits per heavy atom. The summed E-state index contributed by atoms with van der Waals surface area (Å²) in [6.07, 6.45) is -7.85. The third-order valence-corrected chi connectivity index (χ3v) is 5.33. The molecule has 0 spiro atoms. The van der Waals surface area contributed by atoms with Gasteiger partial charge in [-0.2, -0.15) is 0 Å². The van der Waals surface area contributed by atoms with Crippen LogP contribution in [0.15, 0.2) is 24.3 Å². The maximum absolute atomic E-state index is 12.3. The summed E-state index contributed by atoms with van der Waals surface area (Å²) in [5.41, 5.74) is 0.779. The summed E-state index contributed by atoms with van der Waals surface area (Å²) in [5, 5.41) is 41.0. The number of methoxy groups -OCH3 is 1. The normalized spacial score (nSPS) is 31.4. The molecule has 2 aromatic rings. The van der Waals surface area contributed by atoms with E-state index < -0.39 is 49.4 Å². The lowest BCUT2D eigenvalue weighted by molar-refractivity contribution is -0.277. The maximum Gasteiger partial charge on any atom is 0.339 e. The first-order chi connectivity index (χ1) is 13.9. The van der Waals surface area contributed by atoms with E-state index >= 15 is 0 Å². The van der Waals surface area contributed by atoms with Gasteiger partial charge in [0.05, 0.1) is 24.7 Å². The summed E-state index contributed by atoms with van der Waals surface area (Å²) in [7, 11) is 1.49. The van der Waals surface area contributed by atoms with Crippen molar-refractivity contribution in [1.82, 2.24) is 0 Å². The topological polar surface area (TPSA) is 135 Å². The number of cyclic esters (lactones) is 1. The molecule has 156 valence electrons. The summed E-state index contributed by atoms with van der Waals surface area (Å²) < 4.78 is 22.2. The van der Waals surface area contributed by atoms with Gasteiger partial charge in [0.25, 0.3) is 0 Å². The van der Waals surface area contributed by atoms with Gasteiger partial charge in [0.15, 0.2) is 0 Å². The zero-order valence-electron chi connectivity index (χ0n) is 15.8. The molecule has 2 aliphatic rings. The fourth-order valence-electron chi connectivity index (χ4n) is 3.83. The van der Waals surface area contributed by atoms with Crippen LogP contribution in [0.25, 0.3) is 10.8 Å². The average molecular weight is 406 g/mol. The molecule has 9 nitrogen and oxygen atoms in total. The van der Waals surface area contributed by atoms with E-state index in [0.717, 1.165) is 0 Å². The van der Waals surface area contributed by atoms with Crippen molar-refractivity contribution in [2.75, 3.05) is 13.7 Å². The van der Waals surface area contributed by atoms with Crippen LogP contribution in [0.4, 0.5) is 0 Å². The Bertz CT molecular complexity index is 941. The van der Waals surface area contributed by atoms with Gasteiger partial charge in [-0.05, 0) is 24.4 Å². The Balaban J connectivity index is 1.86. The molecule has 2 heterocycles. The first-order valence-corrected chi connectivity index (χ1v) is 9.19. The minimum atomic E-state index is -1.60. The summed E-state index contributed by atoms with van der Waals surface area (Å²) in [5.74, 6) is 0.171. The monoisotopic (exact) mass is 406 g/mol. The molecule has 0 saturated carbocycles. The predicted octanol–water partition coefficient (Wildman–Crippen LogP) is 0.258. The summed E-state index contributed by atoms with van der Waals surface area (Å²) in [6.45, 7) is 1.10. The molecule has 4 rings (SSSR count). The molecule has 2 aromatic carbocycles. The highest BCUT2D eigenvalue weighted by Crippen LogP contribution is 2.46. The molecule has 9 heteroatoms. The zero-order valence-corrected chi connectivity index (χ0v) is 15.8. The SMILES string of the molecule is COc1cccc2cc3c(c(O[C@@H]4OC(CO)[C@@H](O)C(O)C4O)c12)[C@@H](C)OC3=O. The number of esters is 1. The molecule has 29 heavy (non-hydrogen) atoms. The molecule has 3 unspecified atom stereocenters. The van der Waals surface area contributed by atoms with E-state index in [9.17, 15) is 25.2 Å². The number of aliphatic hydroxyl groups is 4. The van der Waals surface area contributed by atoms with E-state index in [-0.39, 0.29) is 5.75 Å². The van der Waals surface area contributed by atoms with Crippen molar-refractivity contribution >= 4 is 16.7 Å². The standard InChI is InChI=1S/C20H22O9/c1-8-13-10(19(25)27-8)6-9-4-3-5-11(26-2)14(9)18(13)29-20-17(24)16(23)15(22)12(7-21)28-20/h3-6,8,12,15-17,20-24H,7H2,1-2H3/t8-,12?,15-,16?,17?,20+/m1/s1. The Morgan fingerprint density at radius 2 is 1.90 bits per heavy atom. The van der Waals surface area contributed by atoms with Crippen LogP contribution in [0.1, 0.15) is 28.9 Å². The van der Waals surface area contributed by atoms with Gasteiger partial charge < -0.3 is 39.4 Å². The number of fused-ring (bicyclic) bond motifs is 2. The molecule has 0 aliphatic carbocycles. The van der Waals surface area contributed by atoms with Gasteiger partial charge in [-0.15, -0.1) is 0 Å². The van der Waals surface area contributed by atoms with Gasteiger partial charge in [0, 0.05) is 5.56 Å². The number of hydrogen-bond acceptors (Lipinski definition) is 9. The van der Waals surface area contributed by atoms with Gasteiger partial charge in [-0.1, -0.05) is 12.1 Å². The van der Waals surface area contributed by atoms with Crippen LogP contribution in [0.5, 0.6) is 11.5 Å². The quantitative estimate of drug-likeness (QED) is 0.527. The lowest BCUT2D eigenvalue weighted by atomic mass is 9.96. The first-order valence-electron chi connectivity index (χ1n) is 9.19. The Labute approximate surface area is 166 Å². The third-order valence-electron chi connectivity index (χ3n) is 5.33. The van der Waals surface area contributed by atoms with E-state index in [1.54, 1.807) is 31.2 Å². The van der Waals surface area contributed by atoms with Crippen LogP contribution in [0.3, 0.4) is 0 Å². The fourth-order valence-corrected chi connectivity index (χ4v) is 3.83. The second kappa shape index (κ2) is 7.43. The predicted molar refractivity (Wildman–Crippen MR) is 98.7 cm³/mol. The van der Waals surface area contributed by atoms with Crippen LogP contribution in [-0.2, 0) is 9.47 Å². The lowest BCUT2D eigenvalue weighted by Gasteiger charge is -2.40. The molecular formula is C20H22O9. The highest BCUT2D eigenvalue weighted by atomic mass is 16.7. The van der Waals surface area contributed by atoms with Crippen LogP contribution < -0.4 is 9.47 Å². The molecule has 6 atom stereocenters. The van der Waals surface area contributed by atoms with E-state index in [4.69, 9.17) is 18.9 Å². The van der Waals surface area contributed by atoms with Crippen molar-refractivity contribution in [3.05, 3.63) is 35.4 Å². The number of ether oxygens (including phenoxy) is 4. The molecule has 0 radical (unpaired) electrons. The van der Waals surface area contributed by atoms with Gasteiger partial charge in [-0.3, -0.25) is 0 Å². The van der Waals surface area contributed by atoms with Gasteiger partial charge in [-0.25, -0.2) is 4.79 Å². The fraction of sp³-hybridized carbons (Fsp3) is 0.450. The number of carbonyl (C=O) groups is 1. The highest BCUT2D eigenvalue weighted by Gasteiger charge is 2.46. The van der Waals surface area contributed by atoms with Gasteiger partial charge in [0.1, 0.15) is 42.0 Å². The molecule has 4 N–H and O–H groups in total. The van der Waals surface area contributed by atoms with Crippen molar-refractivity contribution in [1.29, 1.82) is 0 Å². The Morgan fingerprint density at radius 1 is 1.14 bits per heavy atom. The first kappa shape index (κ1) is 19.9. The Kier molecular flexibility index (Phi) is 5.09. The number of rotatable bonds is 4. The number of aliphatic hydroxyl groups excluding tert-OH is 4. The van der Waals surface area contributed by atoms with Gasteiger partial charge in [0.2, 0.25) is 6.29 Å². The van der Waals surface area contributed by atoms with Crippen LogP contribution in [0.2, 0.25) is 0 Å². The second-order valence-corrected chi connectivity index (χ2v) is 7.09. The largest absolute Gasteiger partial charge is 0.496 e. The number of carbonyl (C=O) groups excluding carboxylic acids is 1. The van der Waals surface area contributed by atoms with Crippen molar-refractivity contribution in [2.45, 2.75) is 43.7 Å². The van der Waals surface area contributed by atoms with Crippen LogP contribution in [-0.4, -0.2) is 70.8 Å². The van der Waals surface area contributed by atoms with Crippen LogP contribution >= 0.6 is 0 Å². The molecular weight excluding hydrogens is 384 g/mol. The van der Waals surface area contributed by atoms with Crippen molar-refractivity contribution in [2.24, 2.45) is 0 Å². The lowest BCUT2D eigenvalue weighted by Crippen LogP contribution is -2.60. The minimum Gasteiger partial charge on any atom is -0.496 e.